The molecule has 0 radical (unpaired) electrons. The van der Waals surface area contributed by atoms with Crippen molar-refractivity contribution in [3.05, 3.63) is 76.6 Å². The second-order valence-corrected chi connectivity index (χ2v) is 11.4. The van der Waals surface area contributed by atoms with Crippen molar-refractivity contribution in [1.29, 1.82) is 0 Å². The van der Waals surface area contributed by atoms with E-state index in [1.54, 1.807) is 24.2 Å². The summed E-state index contributed by atoms with van der Waals surface area (Å²) < 4.78 is 1.89. The molecule has 4 rings (SSSR count). The number of nitrogens with zero attached hydrogens (tertiary/aromatic N) is 4. The molecule has 41 heavy (non-hydrogen) atoms. The van der Waals surface area contributed by atoms with Crippen molar-refractivity contribution in [3.63, 3.8) is 0 Å². The van der Waals surface area contributed by atoms with E-state index in [-0.39, 0.29) is 24.1 Å². The van der Waals surface area contributed by atoms with Gasteiger partial charge in [-0.15, -0.1) is 5.10 Å². The van der Waals surface area contributed by atoms with Gasteiger partial charge in [-0.1, -0.05) is 44.0 Å². The Morgan fingerprint density at radius 3 is 2.41 bits per heavy atom. The lowest BCUT2D eigenvalue weighted by Gasteiger charge is -2.25. The summed E-state index contributed by atoms with van der Waals surface area (Å²) in [5.41, 5.74) is 11.1. The number of amides is 1. The van der Waals surface area contributed by atoms with Crippen LogP contribution in [-0.2, 0) is 12.8 Å². The average Bonchev–Trinajstić information content (AvgIpc) is 3.56. The van der Waals surface area contributed by atoms with E-state index in [1.165, 1.54) is 31.2 Å². The van der Waals surface area contributed by atoms with Gasteiger partial charge in [0.1, 0.15) is 5.84 Å². The SMILES string of the molecule is CCc1cc2cc(C(=O)N(CC)C/C(N)=N/N(C)N)ccn2c1C(=O)c1ccc(CCCNC2(C)CCCC2)cc1. The van der Waals surface area contributed by atoms with Crippen LogP contribution in [0.15, 0.2) is 53.8 Å². The monoisotopic (exact) mass is 559 g/mol. The third kappa shape index (κ3) is 7.34. The van der Waals surface area contributed by atoms with Gasteiger partial charge in [0.25, 0.3) is 5.91 Å². The van der Waals surface area contributed by atoms with Crippen LogP contribution in [0, 0.1) is 0 Å². The molecule has 0 bridgehead atoms. The van der Waals surface area contributed by atoms with Gasteiger partial charge >= 0.3 is 0 Å². The number of benzene rings is 1. The normalized spacial score (nSPS) is 14.9. The number of fused-ring (bicyclic) bond motifs is 1. The standard InChI is InChI=1S/C32H45N7O2/c1-5-24-20-27-21-26(31(41)38(6-2)22-28(33)36-37(4)34)15-19-39(27)29(24)30(40)25-13-11-23(12-14-25)10-9-18-35-32(3)16-7-8-17-32/h11-15,19-21,35H,5-10,16-18,22,34H2,1-4H3,(H2,33,36). The van der Waals surface area contributed by atoms with Gasteiger partial charge < -0.3 is 20.4 Å². The lowest BCUT2D eigenvalue weighted by atomic mass is 9.99. The van der Waals surface area contributed by atoms with Crippen LogP contribution >= 0.6 is 0 Å². The van der Waals surface area contributed by atoms with Crippen LogP contribution in [0.25, 0.3) is 5.52 Å². The highest BCUT2D eigenvalue weighted by atomic mass is 16.2. The van der Waals surface area contributed by atoms with E-state index in [1.807, 2.05) is 42.5 Å². The Kier molecular flexibility index (Phi) is 9.83. The number of nitrogens with two attached hydrogens (primary N) is 2. The van der Waals surface area contributed by atoms with E-state index in [9.17, 15) is 9.59 Å². The molecule has 1 saturated carbocycles. The fraction of sp³-hybridized carbons (Fsp3) is 0.469. The van der Waals surface area contributed by atoms with Crippen LogP contribution in [0.5, 0.6) is 0 Å². The van der Waals surface area contributed by atoms with Gasteiger partial charge in [-0.05, 0) is 81.8 Å². The first-order valence-corrected chi connectivity index (χ1v) is 14.8. The van der Waals surface area contributed by atoms with E-state index >= 15 is 0 Å². The number of amidine groups is 1. The summed E-state index contributed by atoms with van der Waals surface area (Å²) in [7, 11) is 1.57. The van der Waals surface area contributed by atoms with Gasteiger partial charge in [-0.25, -0.2) is 11.0 Å². The number of carbonyl (C=O) groups excluding carboxylic acids is 2. The maximum Gasteiger partial charge on any atom is 0.254 e. The van der Waals surface area contributed by atoms with Crippen LogP contribution in [-0.4, -0.2) is 64.2 Å². The molecule has 1 aliphatic carbocycles. The number of nitrogens with one attached hydrogen (secondary N) is 1. The number of carbonyl (C=O) groups is 2. The Hall–Kier alpha value is -3.69. The van der Waals surface area contributed by atoms with Crippen LogP contribution in [0.2, 0.25) is 0 Å². The number of aryl methyl sites for hydroxylation is 2. The molecule has 1 aliphatic rings. The molecule has 0 aliphatic heterocycles. The number of rotatable bonds is 13. The van der Waals surface area contributed by atoms with Crippen LogP contribution in [0.4, 0.5) is 0 Å². The molecule has 2 heterocycles. The number of ketones is 1. The highest BCUT2D eigenvalue weighted by Crippen LogP contribution is 2.29. The Bertz CT molecular complexity index is 1390. The minimum absolute atomic E-state index is 0.0200. The summed E-state index contributed by atoms with van der Waals surface area (Å²) in [4.78, 5) is 28.6. The number of likely N-dealkylation sites (N-methyl/N-ethyl adjacent to an activating group) is 1. The van der Waals surface area contributed by atoms with Crippen molar-refractivity contribution in [2.45, 2.75) is 71.3 Å². The third-order valence-electron chi connectivity index (χ3n) is 8.12. The van der Waals surface area contributed by atoms with E-state index in [0.717, 1.165) is 35.6 Å². The predicted octanol–water partition coefficient (Wildman–Crippen LogP) is 4.13. The average molecular weight is 560 g/mol. The summed E-state index contributed by atoms with van der Waals surface area (Å²) in [6, 6.07) is 13.6. The number of hydrazine groups is 1. The molecule has 0 atom stereocenters. The Morgan fingerprint density at radius 1 is 1.07 bits per heavy atom. The summed E-state index contributed by atoms with van der Waals surface area (Å²) in [6.45, 7) is 7.91. The largest absolute Gasteiger partial charge is 0.384 e. The van der Waals surface area contributed by atoms with E-state index in [0.29, 0.717) is 35.3 Å². The van der Waals surface area contributed by atoms with Crippen molar-refractivity contribution in [2.75, 3.05) is 26.7 Å². The Labute approximate surface area is 243 Å². The molecule has 0 saturated heterocycles. The maximum atomic E-state index is 13.7. The molecule has 5 N–H and O–H groups in total. The highest BCUT2D eigenvalue weighted by molar-refractivity contribution is 6.10. The molecule has 0 unspecified atom stereocenters. The first-order chi connectivity index (χ1) is 19.6. The zero-order chi connectivity index (χ0) is 29.6. The number of aromatic nitrogens is 1. The minimum Gasteiger partial charge on any atom is -0.384 e. The molecule has 9 nitrogen and oxygen atoms in total. The fourth-order valence-electron chi connectivity index (χ4n) is 5.81. The Balaban J connectivity index is 1.47. The van der Waals surface area contributed by atoms with Gasteiger partial charge in [0.05, 0.1) is 12.2 Å². The highest BCUT2D eigenvalue weighted by Gasteiger charge is 2.27. The molecule has 220 valence electrons. The number of hydrogen-bond donors (Lipinski definition) is 3. The number of hydrazone groups is 1. The second kappa shape index (κ2) is 13.3. The van der Waals surface area contributed by atoms with Gasteiger partial charge in [0.2, 0.25) is 5.78 Å². The molecule has 2 aromatic heterocycles. The lowest BCUT2D eigenvalue weighted by molar-refractivity contribution is 0.0786. The van der Waals surface area contributed by atoms with Crippen molar-refractivity contribution >= 4 is 23.0 Å². The summed E-state index contributed by atoms with van der Waals surface area (Å²) >= 11 is 0. The lowest BCUT2D eigenvalue weighted by Crippen LogP contribution is -2.40. The smallest absolute Gasteiger partial charge is 0.254 e. The molecule has 1 amide bonds. The number of hydrogen-bond acceptors (Lipinski definition) is 6. The van der Waals surface area contributed by atoms with Gasteiger partial charge in [0, 0.05) is 42.0 Å². The second-order valence-electron chi connectivity index (χ2n) is 11.4. The summed E-state index contributed by atoms with van der Waals surface area (Å²) in [5.74, 6) is 5.60. The summed E-state index contributed by atoms with van der Waals surface area (Å²) in [5, 5.41) is 8.84. The third-order valence-corrected chi connectivity index (χ3v) is 8.12. The molecule has 1 aromatic carbocycles. The molecular formula is C32H45N7O2. The van der Waals surface area contributed by atoms with E-state index in [2.05, 4.69) is 29.5 Å². The van der Waals surface area contributed by atoms with E-state index in [4.69, 9.17) is 11.6 Å². The van der Waals surface area contributed by atoms with E-state index < -0.39 is 0 Å². The minimum atomic E-state index is -0.164. The summed E-state index contributed by atoms with van der Waals surface area (Å²) in [6.07, 6.45) is 9.76. The molecule has 3 aromatic rings. The quantitative estimate of drug-likeness (QED) is 0.0723. The first-order valence-electron chi connectivity index (χ1n) is 14.8. The van der Waals surface area contributed by atoms with Crippen molar-refractivity contribution in [2.24, 2.45) is 16.7 Å². The van der Waals surface area contributed by atoms with Crippen LogP contribution in [0.3, 0.4) is 0 Å². The molecule has 9 heteroatoms. The van der Waals surface area contributed by atoms with Gasteiger partial charge in [-0.3, -0.25) is 9.59 Å². The van der Waals surface area contributed by atoms with Crippen LogP contribution in [0.1, 0.15) is 90.4 Å². The molecular weight excluding hydrogens is 514 g/mol. The van der Waals surface area contributed by atoms with Crippen molar-refractivity contribution in [3.8, 4) is 0 Å². The van der Waals surface area contributed by atoms with Gasteiger partial charge in [0.15, 0.2) is 0 Å². The zero-order valence-electron chi connectivity index (χ0n) is 24.9. The topological polar surface area (TPSA) is 121 Å². The molecule has 1 fully saturated rings. The molecule has 0 spiro atoms. The van der Waals surface area contributed by atoms with Crippen molar-refractivity contribution < 1.29 is 9.59 Å². The first kappa shape index (κ1) is 30.3. The Morgan fingerprint density at radius 2 is 1.78 bits per heavy atom. The maximum absolute atomic E-state index is 13.7. The van der Waals surface area contributed by atoms with Crippen LogP contribution < -0.4 is 16.9 Å². The number of pyridine rings is 1. The predicted molar refractivity (Wildman–Crippen MR) is 165 cm³/mol. The van der Waals surface area contributed by atoms with Gasteiger partial charge in [-0.2, -0.15) is 0 Å². The zero-order valence-corrected chi connectivity index (χ0v) is 24.9. The fourth-order valence-corrected chi connectivity index (χ4v) is 5.81. The van der Waals surface area contributed by atoms with Crippen molar-refractivity contribution in [1.82, 2.24) is 19.7 Å².